The summed E-state index contributed by atoms with van der Waals surface area (Å²) in [5.41, 5.74) is 4.96. The Balaban J connectivity index is 1.19. The molecule has 2 amide bonds. The summed E-state index contributed by atoms with van der Waals surface area (Å²) >= 11 is 0. The monoisotopic (exact) mass is 478 g/mol. The predicted octanol–water partition coefficient (Wildman–Crippen LogP) is 5.13. The Morgan fingerprint density at radius 2 is 1.72 bits per heavy atom. The van der Waals surface area contributed by atoms with Gasteiger partial charge in [-0.05, 0) is 66.1 Å². The zero-order chi connectivity index (χ0) is 24.5. The van der Waals surface area contributed by atoms with Crippen LogP contribution in [0.4, 0.5) is 0 Å². The van der Waals surface area contributed by atoms with E-state index in [-0.39, 0.29) is 11.8 Å². The molecule has 2 fully saturated rings. The van der Waals surface area contributed by atoms with Crippen molar-refractivity contribution in [1.29, 1.82) is 0 Å². The third-order valence-corrected chi connectivity index (χ3v) is 7.41. The van der Waals surface area contributed by atoms with Gasteiger partial charge in [0.1, 0.15) is 0 Å². The lowest BCUT2D eigenvalue weighted by atomic mass is 10.0. The molecule has 1 atom stereocenters. The number of hydrogen-bond donors (Lipinski definition) is 1. The number of likely N-dealkylation sites (tertiary alicyclic amines) is 1. The van der Waals surface area contributed by atoms with Crippen LogP contribution >= 0.6 is 0 Å². The van der Waals surface area contributed by atoms with Crippen LogP contribution in [-0.2, 0) is 11.3 Å². The van der Waals surface area contributed by atoms with Gasteiger partial charge in [0.25, 0.3) is 5.91 Å². The van der Waals surface area contributed by atoms with Crippen molar-refractivity contribution in [2.75, 3.05) is 19.6 Å². The van der Waals surface area contributed by atoms with Gasteiger partial charge in [-0.2, -0.15) is 5.10 Å². The van der Waals surface area contributed by atoms with E-state index in [0.29, 0.717) is 30.5 Å². The molecule has 1 aliphatic heterocycles. The number of hydrogen-bond acceptors (Lipinski definition) is 3. The first-order valence-corrected chi connectivity index (χ1v) is 12.8. The normalized spacial score (nSPS) is 17.4. The van der Waals surface area contributed by atoms with E-state index in [1.807, 2.05) is 64.5 Å². The summed E-state index contributed by atoms with van der Waals surface area (Å²) in [7, 11) is 0. The van der Waals surface area contributed by atoms with Gasteiger partial charge in [0.05, 0.1) is 11.7 Å². The topological polar surface area (TPSA) is 69.3 Å². The number of H-pyrrole nitrogens is 1. The lowest BCUT2D eigenvalue weighted by Crippen LogP contribution is -2.37. The van der Waals surface area contributed by atoms with E-state index in [1.54, 1.807) is 0 Å². The third-order valence-electron chi connectivity index (χ3n) is 7.41. The van der Waals surface area contributed by atoms with Gasteiger partial charge in [0.15, 0.2) is 0 Å². The highest BCUT2D eigenvalue weighted by atomic mass is 16.2. The first kappa shape index (κ1) is 22.5. The van der Waals surface area contributed by atoms with Gasteiger partial charge >= 0.3 is 0 Å². The molecule has 2 heterocycles. The van der Waals surface area contributed by atoms with Crippen LogP contribution in [0.2, 0.25) is 0 Å². The van der Waals surface area contributed by atoms with E-state index < -0.39 is 0 Å². The molecule has 36 heavy (non-hydrogen) atoms. The zero-order valence-electron chi connectivity index (χ0n) is 20.3. The summed E-state index contributed by atoms with van der Waals surface area (Å²) < 4.78 is 0. The van der Waals surface area contributed by atoms with Gasteiger partial charge in [-0.25, -0.2) is 0 Å². The summed E-state index contributed by atoms with van der Waals surface area (Å²) in [5, 5.41) is 8.14. The average molecular weight is 479 g/mol. The number of nitrogens with one attached hydrogen (secondary N) is 1. The van der Waals surface area contributed by atoms with Crippen molar-refractivity contribution in [3.8, 4) is 11.1 Å². The number of fused-ring (bicyclic) bond motifs is 1. The van der Waals surface area contributed by atoms with Crippen LogP contribution < -0.4 is 0 Å². The highest BCUT2D eigenvalue weighted by molar-refractivity contribution is 5.95. The molecule has 1 saturated heterocycles. The molecule has 1 aromatic heterocycles. The molecule has 0 radical (unpaired) electrons. The molecule has 1 N–H and O–H groups in total. The highest BCUT2D eigenvalue weighted by Crippen LogP contribution is 2.33. The second-order valence-electron chi connectivity index (χ2n) is 10.1. The Hall–Kier alpha value is -3.93. The van der Waals surface area contributed by atoms with E-state index in [2.05, 4.69) is 34.5 Å². The van der Waals surface area contributed by atoms with Crippen molar-refractivity contribution < 1.29 is 9.59 Å². The number of amides is 2. The standard InChI is InChI=1S/C30H30N4O2/c35-29(24-10-11-24)33-15-14-22(19-33)20-34(18-21-4-2-1-3-5-21)30(36)25-8-6-23(7-9-25)26-12-13-28-27(16-26)17-31-32-28/h1-9,12-13,16-17,22,24H,10-11,14-15,18-20H2,(H,31,32). The molecule has 3 aromatic carbocycles. The Labute approximate surface area is 210 Å². The molecule has 182 valence electrons. The predicted molar refractivity (Wildman–Crippen MR) is 140 cm³/mol. The van der Waals surface area contributed by atoms with E-state index in [4.69, 9.17) is 0 Å². The van der Waals surface area contributed by atoms with Crippen molar-refractivity contribution >= 4 is 22.7 Å². The van der Waals surface area contributed by atoms with Gasteiger partial charge in [-0.3, -0.25) is 14.7 Å². The van der Waals surface area contributed by atoms with Crippen LogP contribution in [-0.4, -0.2) is 51.4 Å². The minimum atomic E-state index is 0.0302. The van der Waals surface area contributed by atoms with Gasteiger partial charge in [0, 0.05) is 43.0 Å². The maximum Gasteiger partial charge on any atom is 0.254 e. The summed E-state index contributed by atoms with van der Waals surface area (Å²) in [6, 6.07) is 24.2. The van der Waals surface area contributed by atoms with Gasteiger partial charge in [-0.1, -0.05) is 48.5 Å². The second kappa shape index (κ2) is 9.61. The quantitative estimate of drug-likeness (QED) is 0.400. The maximum absolute atomic E-state index is 13.7. The van der Waals surface area contributed by atoms with Gasteiger partial charge in [0.2, 0.25) is 5.91 Å². The lowest BCUT2D eigenvalue weighted by Gasteiger charge is -2.26. The lowest BCUT2D eigenvalue weighted by molar-refractivity contribution is -0.131. The van der Waals surface area contributed by atoms with Crippen molar-refractivity contribution in [2.45, 2.75) is 25.8 Å². The Morgan fingerprint density at radius 1 is 0.944 bits per heavy atom. The molecule has 0 spiro atoms. The van der Waals surface area contributed by atoms with Crippen LogP contribution in [0.25, 0.3) is 22.0 Å². The number of nitrogens with zero attached hydrogens (tertiary/aromatic N) is 3. The van der Waals surface area contributed by atoms with E-state index in [0.717, 1.165) is 59.9 Å². The van der Waals surface area contributed by atoms with E-state index in [1.165, 1.54) is 0 Å². The van der Waals surface area contributed by atoms with Crippen LogP contribution in [0.1, 0.15) is 35.2 Å². The largest absolute Gasteiger partial charge is 0.342 e. The third kappa shape index (κ3) is 4.76. The van der Waals surface area contributed by atoms with Crippen molar-refractivity contribution in [1.82, 2.24) is 20.0 Å². The zero-order valence-corrected chi connectivity index (χ0v) is 20.3. The molecule has 6 rings (SSSR count). The molecular weight excluding hydrogens is 448 g/mol. The summed E-state index contributed by atoms with van der Waals surface area (Å²) in [6.07, 6.45) is 4.84. The first-order chi connectivity index (χ1) is 17.6. The maximum atomic E-state index is 13.7. The molecule has 1 saturated carbocycles. The fourth-order valence-electron chi connectivity index (χ4n) is 5.22. The summed E-state index contributed by atoms with van der Waals surface area (Å²) in [6.45, 7) is 2.78. The molecule has 1 aliphatic carbocycles. The Morgan fingerprint density at radius 3 is 2.50 bits per heavy atom. The smallest absolute Gasteiger partial charge is 0.254 e. The molecule has 2 aliphatic rings. The number of carbonyl (C=O) groups is 2. The SMILES string of the molecule is O=C(c1ccc(-c2ccc3[nH]ncc3c2)cc1)N(Cc1ccccc1)CC1CCN(C(=O)C2CC2)C1. The van der Waals surface area contributed by atoms with Crippen LogP contribution in [0.3, 0.4) is 0 Å². The van der Waals surface area contributed by atoms with Crippen LogP contribution in [0, 0.1) is 11.8 Å². The second-order valence-corrected chi connectivity index (χ2v) is 10.1. The number of carbonyl (C=O) groups excluding carboxylic acids is 2. The molecule has 4 aromatic rings. The first-order valence-electron chi connectivity index (χ1n) is 12.8. The van der Waals surface area contributed by atoms with Crippen molar-refractivity contribution in [2.24, 2.45) is 11.8 Å². The Kier molecular flexibility index (Phi) is 6.01. The molecule has 1 unspecified atom stereocenters. The summed E-state index contributed by atoms with van der Waals surface area (Å²) in [5.74, 6) is 0.894. The van der Waals surface area contributed by atoms with Gasteiger partial charge < -0.3 is 9.80 Å². The summed E-state index contributed by atoms with van der Waals surface area (Å²) in [4.78, 5) is 30.2. The fraction of sp³-hybridized carbons (Fsp3) is 0.300. The number of aromatic amines is 1. The molecule has 0 bridgehead atoms. The molecular formula is C30H30N4O2. The molecule has 6 nitrogen and oxygen atoms in total. The minimum Gasteiger partial charge on any atom is -0.342 e. The number of rotatable bonds is 7. The van der Waals surface area contributed by atoms with Crippen LogP contribution in [0.5, 0.6) is 0 Å². The minimum absolute atomic E-state index is 0.0302. The number of aromatic nitrogens is 2. The van der Waals surface area contributed by atoms with E-state index in [9.17, 15) is 9.59 Å². The molecule has 6 heteroatoms. The van der Waals surface area contributed by atoms with Gasteiger partial charge in [-0.15, -0.1) is 0 Å². The highest BCUT2D eigenvalue weighted by Gasteiger charge is 2.37. The van der Waals surface area contributed by atoms with Crippen molar-refractivity contribution in [3.05, 3.63) is 90.1 Å². The average Bonchev–Trinajstić information content (AvgIpc) is 3.48. The Bertz CT molecular complexity index is 1380. The fourth-order valence-corrected chi connectivity index (χ4v) is 5.22. The van der Waals surface area contributed by atoms with Crippen LogP contribution in [0.15, 0.2) is 79.0 Å². The van der Waals surface area contributed by atoms with Crippen molar-refractivity contribution in [3.63, 3.8) is 0 Å². The number of benzene rings is 3. The van der Waals surface area contributed by atoms with E-state index >= 15 is 0 Å².